The highest BCUT2D eigenvalue weighted by Gasteiger charge is 2.35. The van der Waals surface area contributed by atoms with Gasteiger partial charge in [0.1, 0.15) is 0 Å². The van der Waals surface area contributed by atoms with E-state index < -0.39 is 4.92 Å². The van der Waals surface area contributed by atoms with Crippen LogP contribution in [0, 0.1) is 10.1 Å². The maximum absolute atomic E-state index is 13.1. The first-order valence-corrected chi connectivity index (χ1v) is 12.4. The number of non-ortho nitro benzene ring substituents is 1. The van der Waals surface area contributed by atoms with Crippen molar-refractivity contribution in [3.8, 4) is 0 Å². The maximum Gasteiger partial charge on any atom is 0.293 e. The molecule has 1 saturated heterocycles. The van der Waals surface area contributed by atoms with E-state index >= 15 is 0 Å². The fraction of sp³-hybridized carbons (Fsp3) is 0.0769. The number of carbonyl (C=O) groups excluding carboxylic acids is 2. The van der Waals surface area contributed by atoms with Crippen LogP contribution in [0.5, 0.6) is 0 Å². The Labute approximate surface area is 220 Å². The number of halogens is 2. The van der Waals surface area contributed by atoms with Crippen molar-refractivity contribution < 1.29 is 14.5 Å². The molecule has 0 spiro atoms. The minimum atomic E-state index is -0.429. The lowest BCUT2D eigenvalue weighted by molar-refractivity contribution is -0.384. The summed E-state index contributed by atoms with van der Waals surface area (Å²) in [5.74, 6) is -0.372. The van der Waals surface area contributed by atoms with Crippen molar-refractivity contribution in [2.45, 2.75) is 13.1 Å². The lowest BCUT2D eigenvalue weighted by Gasteiger charge is -2.12. The van der Waals surface area contributed by atoms with Gasteiger partial charge in [-0.05, 0) is 47.2 Å². The number of rotatable bonds is 6. The standard InChI is InChI=1S/C26H17Cl2N3O4S/c27-21-10-7-17(11-22(21)28)14-30-25(32)24(36-26(30)33)12-18-15-29(23-4-2-1-3-20(18)23)13-16-5-8-19(9-6-16)31(34)35/h1-12,15H,13-14H2. The smallest absolute Gasteiger partial charge is 0.293 e. The number of fused-ring (bicyclic) bond motifs is 1. The number of imide groups is 1. The molecule has 1 fully saturated rings. The minimum absolute atomic E-state index is 0.0356. The molecule has 7 nitrogen and oxygen atoms in total. The number of nitro groups is 1. The van der Waals surface area contributed by atoms with Crippen molar-refractivity contribution in [2.24, 2.45) is 0 Å². The molecule has 1 aliphatic heterocycles. The second-order valence-electron chi connectivity index (χ2n) is 8.17. The van der Waals surface area contributed by atoms with E-state index in [4.69, 9.17) is 23.2 Å². The molecule has 4 aromatic rings. The summed E-state index contributed by atoms with van der Waals surface area (Å²) in [5, 5.41) is 12.3. The molecule has 3 aromatic carbocycles. The van der Waals surface area contributed by atoms with Crippen LogP contribution in [0.1, 0.15) is 16.7 Å². The average molecular weight is 538 g/mol. The predicted octanol–water partition coefficient (Wildman–Crippen LogP) is 7.14. The van der Waals surface area contributed by atoms with Gasteiger partial charge in [0.15, 0.2) is 0 Å². The summed E-state index contributed by atoms with van der Waals surface area (Å²) in [6.07, 6.45) is 3.65. The van der Waals surface area contributed by atoms with E-state index in [1.54, 1.807) is 36.4 Å². The molecular weight excluding hydrogens is 521 g/mol. The summed E-state index contributed by atoms with van der Waals surface area (Å²) in [4.78, 5) is 37.8. The van der Waals surface area contributed by atoms with E-state index in [-0.39, 0.29) is 23.4 Å². The number of nitrogens with zero attached hydrogens (tertiary/aromatic N) is 3. The Balaban J connectivity index is 1.43. The van der Waals surface area contributed by atoms with E-state index in [1.165, 1.54) is 17.0 Å². The lowest BCUT2D eigenvalue weighted by Crippen LogP contribution is -2.27. The van der Waals surface area contributed by atoms with Crippen LogP contribution in [-0.4, -0.2) is 25.5 Å². The van der Waals surface area contributed by atoms with Crippen LogP contribution < -0.4 is 0 Å². The zero-order valence-electron chi connectivity index (χ0n) is 18.6. The first-order valence-electron chi connectivity index (χ1n) is 10.8. The zero-order valence-corrected chi connectivity index (χ0v) is 20.9. The van der Waals surface area contributed by atoms with Gasteiger partial charge in [-0.1, -0.05) is 59.6 Å². The number of hydrogen-bond donors (Lipinski definition) is 0. The largest absolute Gasteiger partial charge is 0.342 e. The highest BCUT2D eigenvalue weighted by Crippen LogP contribution is 2.35. The first-order chi connectivity index (χ1) is 17.3. The van der Waals surface area contributed by atoms with Crippen molar-refractivity contribution in [1.82, 2.24) is 9.47 Å². The topological polar surface area (TPSA) is 85.5 Å². The van der Waals surface area contributed by atoms with Gasteiger partial charge in [0, 0.05) is 41.3 Å². The highest BCUT2D eigenvalue weighted by atomic mass is 35.5. The van der Waals surface area contributed by atoms with Gasteiger partial charge in [-0.2, -0.15) is 0 Å². The van der Waals surface area contributed by atoms with Gasteiger partial charge in [0.05, 0.1) is 26.4 Å². The highest BCUT2D eigenvalue weighted by molar-refractivity contribution is 8.18. The molecule has 0 N–H and O–H groups in total. The van der Waals surface area contributed by atoms with Gasteiger partial charge in [0.25, 0.3) is 16.8 Å². The normalized spacial score (nSPS) is 14.8. The Morgan fingerprint density at radius 1 is 0.917 bits per heavy atom. The Kier molecular flexibility index (Phi) is 6.57. The number of benzene rings is 3. The molecule has 0 saturated carbocycles. The van der Waals surface area contributed by atoms with E-state index in [9.17, 15) is 19.7 Å². The van der Waals surface area contributed by atoms with Crippen LogP contribution in [0.3, 0.4) is 0 Å². The Morgan fingerprint density at radius 2 is 1.64 bits per heavy atom. The summed E-state index contributed by atoms with van der Waals surface area (Å²) in [6.45, 7) is 0.589. The van der Waals surface area contributed by atoms with Gasteiger partial charge >= 0.3 is 0 Å². The molecule has 0 unspecified atom stereocenters. The molecule has 0 radical (unpaired) electrons. The molecule has 36 heavy (non-hydrogen) atoms. The number of aromatic nitrogens is 1. The molecule has 10 heteroatoms. The SMILES string of the molecule is O=C1SC(=Cc2cn(Cc3ccc([N+](=O)[O-])cc3)c3ccccc23)C(=O)N1Cc1ccc(Cl)c(Cl)c1. The fourth-order valence-electron chi connectivity index (χ4n) is 4.04. The van der Waals surface area contributed by atoms with Crippen molar-refractivity contribution >= 4 is 68.8 Å². The Morgan fingerprint density at radius 3 is 2.36 bits per heavy atom. The van der Waals surface area contributed by atoms with E-state index in [0.717, 1.165) is 33.8 Å². The minimum Gasteiger partial charge on any atom is -0.342 e. The van der Waals surface area contributed by atoms with Crippen LogP contribution in [0.2, 0.25) is 10.0 Å². The number of hydrogen-bond acceptors (Lipinski definition) is 5. The Hall–Kier alpha value is -3.59. The molecule has 1 aromatic heterocycles. The average Bonchev–Trinajstić information content (AvgIpc) is 3.33. The van der Waals surface area contributed by atoms with Crippen LogP contribution in [0.4, 0.5) is 10.5 Å². The van der Waals surface area contributed by atoms with Crippen LogP contribution in [-0.2, 0) is 17.9 Å². The summed E-state index contributed by atoms with van der Waals surface area (Å²) in [6, 6.07) is 19.2. The number of amides is 2. The number of thioether (sulfide) groups is 1. The molecule has 5 rings (SSSR count). The predicted molar refractivity (Wildman–Crippen MR) is 142 cm³/mol. The second kappa shape index (κ2) is 9.81. The van der Waals surface area contributed by atoms with Crippen LogP contribution in [0.15, 0.2) is 77.8 Å². The van der Waals surface area contributed by atoms with E-state index in [2.05, 4.69) is 0 Å². The zero-order chi connectivity index (χ0) is 25.4. The monoisotopic (exact) mass is 537 g/mol. The summed E-state index contributed by atoms with van der Waals surface area (Å²) >= 11 is 12.9. The van der Waals surface area contributed by atoms with Gasteiger partial charge < -0.3 is 4.57 Å². The summed E-state index contributed by atoms with van der Waals surface area (Å²) in [7, 11) is 0. The Bertz CT molecular complexity index is 1560. The number of para-hydroxylation sites is 1. The maximum atomic E-state index is 13.1. The molecule has 2 amide bonds. The third kappa shape index (κ3) is 4.75. The first kappa shape index (κ1) is 24.1. The fourth-order valence-corrected chi connectivity index (χ4v) is 5.19. The lowest BCUT2D eigenvalue weighted by atomic mass is 10.1. The van der Waals surface area contributed by atoms with Crippen molar-refractivity contribution in [3.05, 3.63) is 115 Å². The van der Waals surface area contributed by atoms with Gasteiger partial charge in [-0.3, -0.25) is 24.6 Å². The number of nitro benzene ring substituents is 1. The third-order valence-electron chi connectivity index (χ3n) is 5.80. The molecule has 0 aliphatic carbocycles. The molecule has 2 heterocycles. The summed E-state index contributed by atoms with van der Waals surface area (Å²) < 4.78 is 2.02. The summed E-state index contributed by atoms with van der Waals surface area (Å²) in [5.41, 5.74) is 3.38. The van der Waals surface area contributed by atoms with Crippen molar-refractivity contribution in [2.75, 3.05) is 0 Å². The molecule has 0 atom stereocenters. The molecular formula is C26H17Cl2N3O4S. The van der Waals surface area contributed by atoms with Crippen molar-refractivity contribution in [1.29, 1.82) is 0 Å². The van der Waals surface area contributed by atoms with Crippen LogP contribution in [0.25, 0.3) is 17.0 Å². The van der Waals surface area contributed by atoms with Gasteiger partial charge in [-0.15, -0.1) is 0 Å². The van der Waals surface area contributed by atoms with Gasteiger partial charge in [-0.25, -0.2) is 0 Å². The molecule has 0 bridgehead atoms. The molecule has 180 valence electrons. The quantitative estimate of drug-likeness (QED) is 0.148. The van der Waals surface area contributed by atoms with Crippen LogP contribution >= 0.6 is 35.0 Å². The van der Waals surface area contributed by atoms with E-state index in [0.29, 0.717) is 27.1 Å². The van der Waals surface area contributed by atoms with Crippen molar-refractivity contribution in [3.63, 3.8) is 0 Å². The molecule has 1 aliphatic rings. The number of carbonyl (C=O) groups is 2. The van der Waals surface area contributed by atoms with Gasteiger partial charge in [0.2, 0.25) is 0 Å². The second-order valence-corrected chi connectivity index (χ2v) is 9.98. The van der Waals surface area contributed by atoms with E-state index in [1.807, 2.05) is 35.0 Å². The third-order valence-corrected chi connectivity index (χ3v) is 7.45.